The van der Waals surface area contributed by atoms with Crippen LogP contribution in [0.25, 0.3) is 41.6 Å². The van der Waals surface area contributed by atoms with E-state index in [9.17, 15) is 0 Å². The summed E-state index contributed by atoms with van der Waals surface area (Å²) in [6.45, 7) is 0.913. The maximum Gasteiger partial charge on any atom is 0.130 e. The number of benzene rings is 5. The van der Waals surface area contributed by atoms with E-state index in [1.165, 1.54) is 9.40 Å². The summed E-state index contributed by atoms with van der Waals surface area (Å²) in [6.07, 6.45) is 0. The van der Waals surface area contributed by atoms with Gasteiger partial charge in [0.2, 0.25) is 0 Å². The Labute approximate surface area is 240 Å². The fourth-order valence-electron chi connectivity index (χ4n) is 4.64. The van der Waals surface area contributed by atoms with E-state index in [-0.39, 0.29) is 0 Å². The third kappa shape index (κ3) is 5.07. The summed E-state index contributed by atoms with van der Waals surface area (Å²) in [7, 11) is 0. The van der Waals surface area contributed by atoms with Crippen molar-refractivity contribution in [1.29, 1.82) is 0 Å². The van der Waals surface area contributed by atoms with E-state index in [1.807, 2.05) is 72.8 Å². The topological polar surface area (TPSA) is 44.2 Å². The SMILES string of the molecule is c1cc(COc2ccccc2-c2nc3ccccc3s2)cc(COc2ccccc2-c2nc3ccccc3s2)c1. The predicted octanol–water partition coefficient (Wildman–Crippen LogP) is 9.40. The molecule has 0 amide bonds. The number of fused-ring (bicyclic) bond motifs is 2. The lowest BCUT2D eigenvalue weighted by molar-refractivity contribution is 0.301. The van der Waals surface area contributed by atoms with Gasteiger partial charge in [0.05, 0.1) is 31.6 Å². The quantitative estimate of drug-likeness (QED) is 0.187. The van der Waals surface area contributed by atoms with Gasteiger partial charge in [0.15, 0.2) is 0 Å². The van der Waals surface area contributed by atoms with Crippen molar-refractivity contribution in [2.24, 2.45) is 0 Å². The highest BCUT2D eigenvalue weighted by atomic mass is 32.1. The predicted molar refractivity (Wildman–Crippen MR) is 165 cm³/mol. The molecule has 5 aromatic carbocycles. The highest BCUT2D eigenvalue weighted by Gasteiger charge is 2.13. The molecule has 0 aliphatic heterocycles. The van der Waals surface area contributed by atoms with Gasteiger partial charge in [-0.1, -0.05) is 66.7 Å². The lowest BCUT2D eigenvalue weighted by Crippen LogP contribution is -2.00. The molecule has 0 saturated heterocycles. The van der Waals surface area contributed by atoms with Crippen molar-refractivity contribution >= 4 is 43.1 Å². The Kier molecular flexibility index (Phi) is 6.70. The Morgan fingerprint density at radius 3 is 1.43 bits per heavy atom. The zero-order chi connectivity index (χ0) is 26.7. The molecule has 40 heavy (non-hydrogen) atoms. The minimum absolute atomic E-state index is 0.456. The first-order valence-corrected chi connectivity index (χ1v) is 14.7. The van der Waals surface area contributed by atoms with Crippen molar-refractivity contribution < 1.29 is 9.47 Å². The van der Waals surface area contributed by atoms with Gasteiger partial charge in [-0.25, -0.2) is 9.97 Å². The molecule has 0 radical (unpaired) electrons. The first-order chi connectivity index (χ1) is 19.8. The fourth-order valence-corrected chi connectivity index (χ4v) is 6.64. The van der Waals surface area contributed by atoms with Gasteiger partial charge < -0.3 is 9.47 Å². The maximum atomic E-state index is 6.32. The Morgan fingerprint density at radius 2 is 0.925 bits per heavy atom. The molecule has 0 N–H and O–H groups in total. The molecular weight excluding hydrogens is 533 g/mol. The third-order valence-electron chi connectivity index (χ3n) is 6.60. The molecule has 2 aromatic heterocycles. The van der Waals surface area contributed by atoms with Crippen LogP contribution < -0.4 is 9.47 Å². The molecule has 194 valence electrons. The summed E-state index contributed by atoms with van der Waals surface area (Å²) < 4.78 is 15.0. The molecule has 0 fully saturated rings. The van der Waals surface area contributed by atoms with E-state index in [1.54, 1.807) is 22.7 Å². The van der Waals surface area contributed by atoms with Crippen molar-refractivity contribution in [1.82, 2.24) is 9.97 Å². The van der Waals surface area contributed by atoms with E-state index in [4.69, 9.17) is 19.4 Å². The van der Waals surface area contributed by atoms with Crippen LogP contribution >= 0.6 is 22.7 Å². The molecule has 7 rings (SSSR count). The van der Waals surface area contributed by atoms with Crippen LogP contribution in [-0.4, -0.2) is 9.97 Å². The smallest absolute Gasteiger partial charge is 0.130 e. The van der Waals surface area contributed by atoms with Gasteiger partial charge in [-0.15, -0.1) is 22.7 Å². The Bertz CT molecular complexity index is 1740. The number of hydrogen-bond donors (Lipinski definition) is 0. The monoisotopic (exact) mass is 556 g/mol. The highest BCUT2D eigenvalue weighted by molar-refractivity contribution is 7.22. The zero-order valence-electron chi connectivity index (χ0n) is 21.5. The van der Waals surface area contributed by atoms with Gasteiger partial charge >= 0.3 is 0 Å². The minimum atomic E-state index is 0.456. The van der Waals surface area contributed by atoms with Crippen molar-refractivity contribution in [2.75, 3.05) is 0 Å². The highest BCUT2D eigenvalue weighted by Crippen LogP contribution is 2.37. The first kappa shape index (κ1) is 24.5. The fraction of sp³-hybridized carbons (Fsp3) is 0.0588. The zero-order valence-corrected chi connectivity index (χ0v) is 23.1. The summed E-state index contributed by atoms with van der Waals surface area (Å²) in [5.74, 6) is 1.65. The molecule has 2 heterocycles. The van der Waals surface area contributed by atoms with Gasteiger partial charge in [-0.3, -0.25) is 0 Å². The summed E-state index contributed by atoms with van der Waals surface area (Å²) in [6, 6.07) is 41.0. The average Bonchev–Trinajstić information content (AvgIpc) is 3.64. The van der Waals surface area contributed by atoms with Gasteiger partial charge in [0.25, 0.3) is 0 Å². The normalized spacial score (nSPS) is 11.2. The minimum Gasteiger partial charge on any atom is -0.488 e. The maximum absolute atomic E-state index is 6.32. The third-order valence-corrected chi connectivity index (χ3v) is 8.74. The lowest BCUT2D eigenvalue weighted by Gasteiger charge is -2.12. The summed E-state index contributed by atoms with van der Waals surface area (Å²) in [5, 5.41) is 1.93. The van der Waals surface area contributed by atoms with Gasteiger partial charge in [0.1, 0.15) is 34.7 Å². The van der Waals surface area contributed by atoms with Crippen LogP contribution in [0.5, 0.6) is 11.5 Å². The van der Waals surface area contributed by atoms with Crippen molar-refractivity contribution in [3.8, 4) is 32.6 Å². The van der Waals surface area contributed by atoms with Crippen LogP contribution in [0.15, 0.2) is 121 Å². The van der Waals surface area contributed by atoms with Crippen molar-refractivity contribution in [2.45, 2.75) is 13.2 Å². The van der Waals surface area contributed by atoms with E-state index in [0.29, 0.717) is 13.2 Å². The van der Waals surface area contributed by atoms with Gasteiger partial charge in [-0.05, 0) is 65.7 Å². The number of hydrogen-bond acceptors (Lipinski definition) is 6. The number of aromatic nitrogens is 2. The Hall–Kier alpha value is -4.52. The molecule has 0 bridgehead atoms. The van der Waals surface area contributed by atoms with Crippen molar-refractivity contribution in [3.05, 3.63) is 132 Å². The van der Waals surface area contributed by atoms with Crippen LogP contribution in [0, 0.1) is 0 Å². The van der Waals surface area contributed by atoms with E-state index in [0.717, 1.165) is 54.8 Å². The second-order valence-electron chi connectivity index (χ2n) is 9.36. The number of thiazole rings is 2. The van der Waals surface area contributed by atoms with Crippen LogP contribution in [0.3, 0.4) is 0 Å². The summed E-state index contributed by atoms with van der Waals surface area (Å²) >= 11 is 3.36. The standard InChI is InChI=1S/C34H24N2O2S2/c1-5-16-29(25(12-1)33-35-27-14-3-7-18-31(27)39-33)37-21-23-10-9-11-24(20-23)22-38-30-17-6-2-13-26(30)34-36-28-15-4-8-19-32(28)40-34/h1-20H,21-22H2. The molecule has 0 aliphatic carbocycles. The summed E-state index contributed by atoms with van der Waals surface area (Å²) in [5.41, 5.74) is 6.20. The first-order valence-electron chi connectivity index (χ1n) is 13.0. The van der Waals surface area contributed by atoms with E-state index < -0.39 is 0 Å². The molecule has 7 aromatic rings. The lowest BCUT2D eigenvalue weighted by atomic mass is 10.1. The molecule has 4 nitrogen and oxygen atoms in total. The molecule has 0 atom stereocenters. The van der Waals surface area contributed by atoms with E-state index >= 15 is 0 Å². The largest absolute Gasteiger partial charge is 0.488 e. The molecule has 0 saturated carbocycles. The molecule has 0 aliphatic rings. The number of ether oxygens (including phenoxy) is 2. The van der Waals surface area contributed by atoms with Crippen LogP contribution in [0.4, 0.5) is 0 Å². The summed E-state index contributed by atoms with van der Waals surface area (Å²) in [4.78, 5) is 9.65. The number of rotatable bonds is 8. The second-order valence-corrected chi connectivity index (χ2v) is 11.4. The van der Waals surface area contributed by atoms with Gasteiger partial charge in [-0.2, -0.15) is 0 Å². The van der Waals surface area contributed by atoms with Crippen LogP contribution in [0.1, 0.15) is 11.1 Å². The van der Waals surface area contributed by atoms with Crippen LogP contribution in [0.2, 0.25) is 0 Å². The second kappa shape index (κ2) is 10.9. The number of nitrogens with zero attached hydrogens (tertiary/aromatic N) is 2. The van der Waals surface area contributed by atoms with Crippen LogP contribution in [-0.2, 0) is 13.2 Å². The van der Waals surface area contributed by atoms with E-state index in [2.05, 4.69) is 48.5 Å². The number of para-hydroxylation sites is 4. The molecule has 0 unspecified atom stereocenters. The van der Waals surface area contributed by atoms with Gasteiger partial charge in [0, 0.05) is 0 Å². The Morgan fingerprint density at radius 1 is 0.475 bits per heavy atom. The average molecular weight is 557 g/mol. The molecule has 6 heteroatoms. The van der Waals surface area contributed by atoms with Crippen molar-refractivity contribution in [3.63, 3.8) is 0 Å². The Balaban J connectivity index is 1.06. The molecular formula is C34H24N2O2S2. The molecule has 0 spiro atoms.